The van der Waals surface area contributed by atoms with Crippen molar-refractivity contribution < 1.29 is 28.6 Å². The van der Waals surface area contributed by atoms with E-state index in [1.807, 2.05) is 0 Å². The van der Waals surface area contributed by atoms with Crippen LogP contribution in [-0.4, -0.2) is 66.3 Å². The summed E-state index contributed by atoms with van der Waals surface area (Å²) in [7, 11) is 1.50. The largest absolute Gasteiger partial charge is 0.394 e. The SMILES string of the molecule is COC1CC(C(=O)Nc2ccc(N3C(=O)CCC3CO)cc2F)N(C(=O)Nc2ccc(Cl)cc2)C1. The second-order valence-corrected chi connectivity index (χ2v) is 8.93. The minimum atomic E-state index is -0.884. The number of hydrogen-bond acceptors (Lipinski definition) is 5. The van der Waals surface area contributed by atoms with Crippen LogP contribution in [0.5, 0.6) is 0 Å². The van der Waals surface area contributed by atoms with E-state index in [1.54, 1.807) is 24.3 Å². The van der Waals surface area contributed by atoms with E-state index in [1.165, 1.54) is 29.0 Å². The lowest BCUT2D eigenvalue weighted by Gasteiger charge is -2.25. The summed E-state index contributed by atoms with van der Waals surface area (Å²) in [5.74, 6) is -1.49. The molecular weight excluding hydrogens is 479 g/mol. The summed E-state index contributed by atoms with van der Waals surface area (Å²) in [6.07, 6.45) is 0.662. The molecule has 3 unspecified atom stereocenters. The van der Waals surface area contributed by atoms with Crippen LogP contribution in [0.2, 0.25) is 5.02 Å². The van der Waals surface area contributed by atoms with Gasteiger partial charge in [0.05, 0.1) is 24.4 Å². The fraction of sp³-hybridized carbons (Fsp3) is 0.375. The van der Waals surface area contributed by atoms with Crippen LogP contribution >= 0.6 is 11.6 Å². The molecule has 11 heteroatoms. The molecule has 2 aliphatic heterocycles. The fourth-order valence-electron chi connectivity index (χ4n) is 4.41. The highest BCUT2D eigenvalue weighted by molar-refractivity contribution is 6.30. The van der Waals surface area contributed by atoms with Gasteiger partial charge in [-0.25, -0.2) is 9.18 Å². The zero-order valence-electron chi connectivity index (χ0n) is 19.0. The minimum absolute atomic E-state index is 0.0788. The van der Waals surface area contributed by atoms with Crippen molar-refractivity contribution in [2.24, 2.45) is 0 Å². The van der Waals surface area contributed by atoms with E-state index < -0.39 is 29.8 Å². The molecule has 0 bridgehead atoms. The Bertz CT molecular complexity index is 1120. The Hall–Kier alpha value is -3.21. The Balaban J connectivity index is 1.47. The second kappa shape index (κ2) is 10.6. The number of urea groups is 1. The number of ether oxygens (including phenoxy) is 1. The molecule has 0 spiro atoms. The number of rotatable bonds is 6. The predicted molar refractivity (Wildman–Crippen MR) is 129 cm³/mol. The first-order valence-corrected chi connectivity index (χ1v) is 11.6. The number of carbonyl (C=O) groups excluding carboxylic acids is 3. The van der Waals surface area contributed by atoms with Crippen LogP contribution in [0.1, 0.15) is 19.3 Å². The number of anilines is 3. The van der Waals surface area contributed by atoms with Crippen LogP contribution in [-0.2, 0) is 14.3 Å². The smallest absolute Gasteiger partial charge is 0.322 e. The number of nitrogens with zero attached hydrogens (tertiary/aromatic N) is 2. The van der Waals surface area contributed by atoms with Gasteiger partial charge in [-0.2, -0.15) is 0 Å². The molecule has 2 saturated heterocycles. The van der Waals surface area contributed by atoms with Gasteiger partial charge in [0.1, 0.15) is 11.9 Å². The third kappa shape index (κ3) is 5.39. The lowest BCUT2D eigenvalue weighted by atomic mass is 10.1. The van der Waals surface area contributed by atoms with E-state index in [2.05, 4.69) is 10.6 Å². The first-order valence-electron chi connectivity index (χ1n) is 11.2. The van der Waals surface area contributed by atoms with E-state index in [9.17, 15) is 23.9 Å². The first-order chi connectivity index (χ1) is 16.8. The van der Waals surface area contributed by atoms with Crippen molar-refractivity contribution in [2.75, 3.05) is 35.8 Å². The van der Waals surface area contributed by atoms with Crippen molar-refractivity contribution in [1.82, 2.24) is 4.90 Å². The number of halogens is 2. The standard InChI is InChI=1S/C24H26ClFN4O5/c1-35-18-11-21(29(12-18)24(34)27-15-4-2-14(25)3-5-15)23(33)28-20-8-6-16(10-19(20)26)30-17(13-31)7-9-22(30)32/h2-6,8,10,17-18,21,31H,7,9,11-13H2,1H3,(H,27,34)(H,28,33). The number of hydrogen-bond donors (Lipinski definition) is 3. The maximum absolute atomic E-state index is 14.9. The molecule has 4 rings (SSSR count). The molecule has 0 saturated carbocycles. The van der Waals surface area contributed by atoms with Crippen molar-refractivity contribution in [3.63, 3.8) is 0 Å². The van der Waals surface area contributed by atoms with Gasteiger partial charge >= 0.3 is 6.03 Å². The van der Waals surface area contributed by atoms with Crippen molar-refractivity contribution in [3.8, 4) is 0 Å². The highest BCUT2D eigenvalue weighted by Crippen LogP contribution is 2.30. The van der Waals surface area contributed by atoms with Crippen LogP contribution in [0, 0.1) is 5.82 Å². The Labute approximate surface area is 206 Å². The summed E-state index contributed by atoms with van der Waals surface area (Å²) in [5, 5.41) is 15.3. The van der Waals surface area contributed by atoms with Gasteiger partial charge in [-0.3, -0.25) is 9.59 Å². The highest BCUT2D eigenvalue weighted by Gasteiger charge is 2.40. The summed E-state index contributed by atoms with van der Waals surface area (Å²) in [6.45, 7) is -0.0306. The van der Waals surface area contributed by atoms with Crippen LogP contribution < -0.4 is 15.5 Å². The number of methoxy groups -OCH3 is 1. The lowest BCUT2D eigenvalue weighted by Crippen LogP contribution is -2.45. The molecule has 3 atom stereocenters. The maximum Gasteiger partial charge on any atom is 0.322 e. The monoisotopic (exact) mass is 504 g/mol. The first kappa shape index (κ1) is 24.9. The molecular formula is C24H26ClFN4O5. The van der Waals surface area contributed by atoms with E-state index in [-0.39, 0.29) is 43.7 Å². The topological polar surface area (TPSA) is 111 Å². The summed E-state index contributed by atoms with van der Waals surface area (Å²) in [4.78, 5) is 40.8. The molecule has 3 N–H and O–H groups in total. The molecule has 0 radical (unpaired) electrons. The van der Waals surface area contributed by atoms with Gasteiger partial charge in [-0.15, -0.1) is 0 Å². The van der Waals surface area contributed by atoms with Crippen LogP contribution in [0.4, 0.5) is 26.2 Å². The molecule has 9 nitrogen and oxygen atoms in total. The van der Waals surface area contributed by atoms with Crippen molar-refractivity contribution in [3.05, 3.63) is 53.3 Å². The van der Waals surface area contributed by atoms with E-state index >= 15 is 0 Å². The molecule has 2 fully saturated rings. The lowest BCUT2D eigenvalue weighted by molar-refractivity contribution is -0.119. The Morgan fingerprint density at radius 2 is 1.94 bits per heavy atom. The third-order valence-corrected chi connectivity index (χ3v) is 6.53. The van der Waals surface area contributed by atoms with Gasteiger partial charge in [0.2, 0.25) is 11.8 Å². The number of nitrogens with one attached hydrogen (secondary N) is 2. The highest BCUT2D eigenvalue weighted by atomic mass is 35.5. The third-order valence-electron chi connectivity index (χ3n) is 6.28. The molecule has 0 aliphatic carbocycles. The van der Waals surface area contributed by atoms with Gasteiger partial charge in [-0.1, -0.05) is 11.6 Å². The normalized spacial score (nSPS) is 21.9. The maximum atomic E-state index is 14.9. The van der Waals surface area contributed by atoms with Crippen molar-refractivity contribution in [1.29, 1.82) is 0 Å². The zero-order valence-corrected chi connectivity index (χ0v) is 19.8. The molecule has 2 heterocycles. The summed E-state index contributed by atoms with van der Waals surface area (Å²) < 4.78 is 20.2. The number of aliphatic hydroxyl groups is 1. The van der Waals surface area contributed by atoms with Crippen molar-refractivity contribution in [2.45, 2.75) is 37.5 Å². The fourth-order valence-corrected chi connectivity index (χ4v) is 4.54. The molecule has 4 amide bonds. The van der Waals surface area contributed by atoms with Gasteiger partial charge in [0, 0.05) is 42.9 Å². The average molecular weight is 505 g/mol. The zero-order chi connectivity index (χ0) is 25.1. The Morgan fingerprint density at radius 1 is 1.20 bits per heavy atom. The molecule has 35 heavy (non-hydrogen) atoms. The molecule has 186 valence electrons. The Kier molecular flexibility index (Phi) is 7.54. The van der Waals surface area contributed by atoms with E-state index in [0.29, 0.717) is 22.8 Å². The number of amides is 4. The predicted octanol–water partition coefficient (Wildman–Crippen LogP) is 3.23. The quantitative estimate of drug-likeness (QED) is 0.559. The van der Waals surface area contributed by atoms with E-state index in [4.69, 9.17) is 16.3 Å². The summed E-state index contributed by atoms with van der Waals surface area (Å²) in [5.41, 5.74) is 0.745. The van der Waals surface area contributed by atoms with Gasteiger partial charge < -0.3 is 30.3 Å². The van der Waals surface area contributed by atoms with Crippen molar-refractivity contribution >= 4 is 46.5 Å². The molecule has 2 aromatic carbocycles. The number of likely N-dealkylation sites (tertiary alicyclic amines) is 1. The van der Waals surface area contributed by atoms with Crippen LogP contribution in [0.3, 0.4) is 0 Å². The van der Waals surface area contributed by atoms with Gasteiger partial charge in [0.15, 0.2) is 0 Å². The van der Waals surface area contributed by atoms with Crippen LogP contribution in [0.25, 0.3) is 0 Å². The second-order valence-electron chi connectivity index (χ2n) is 8.49. The molecule has 2 aliphatic rings. The number of benzene rings is 2. The van der Waals surface area contributed by atoms with Crippen LogP contribution in [0.15, 0.2) is 42.5 Å². The molecule has 0 aromatic heterocycles. The Morgan fingerprint density at radius 3 is 2.60 bits per heavy atom. The number of carbonyl (C=O) groups is 3. The minimum Gasteiger partial charge on any atom is -0.394 e. The van der Waals surface area contributed by atoms with Gasteiger partial charge in [0.25, 0.3) is 0 Å². The summed E-state index contributed by atoms with van der Waals surface area (Å²) >= 11 is 5.88. The van der Waals surface area contributed by atoms with Gasteiger partial charge in [-0.05, 0) is 48.9 Å². The number of aliphatic hydroxyl groups excluding tert-OH is 1. The van der Waals surface area contributed by atoms with E-state index in [0.717, 1.165) is 6.07 Å². The molecule has 2 aromatic rings. The summed E-state index contributed by atoms with van der Waals surface area (Å²) in [6, 6.07) is 8.80. The average Bonchev–Trinajstić information content (AvgIpc) is 3.45.